The van der Waals surface area contributed by atoms with Crippen LogP contribution in [0.25, 0.3) is 0 Å². The van der Waals surface area contributed by atoms with Crippen LogP contribution in [0.5, 0.6) is 0 Å². The fraction of sp³-hybridized carbons (Fsp3) is 0.917. The SMILES string of the molecule is CCCCCCCCCCCCCCCCCCNC(=O)NC1CCCC1C(CNC(=O)C1OC(C)(C)OCC1(C)C)C(=O)O. The summed E-state index contributed by atoms with van der Waals surface area (Å²) in [5.41, 5.74) is -0.541. The molecule has 2 rings (SSSR count). The molecule has 0 aromatic rings. The van der Waals surface area contributed by atoms with Crippen molar-refractivity contribution >= 4 is 17.9 Å². The van der Waals surface area contributed by atoms with Crippen LogP contribution in [0.3, 0.4) is 0 Å². The maximum atomic E-state index is 13.1. The van der Waals surface area contributed by atoms with Crippen molar-refractivity contribution in [1.29, 1.82) is 0 Å². The number of ether oxygens (including phenoxy) is 2. The maximum absolute atomic E-state index is 13.1. The van der Waals surface area contributed by atoms with Crippen molar-refractivity contribution in [3.05, 3.63) is 0 Å². The molecule has 1 saturated heterocycles. The largest absolute Gasteiger partial charge is 0.481 e. The molecule has 0 aromatic carbocycles. The molecule has 4 unspecified atom stereocenters. The quantitative estimate of drug-likeness (QED) is 0.0851. The number of carbonyl (C=O) groups is 3. The topological polar surface area (TPSA) is 126 Å². The van der Waals surface area contributed by atoms with E-state index in [0.717, 1.165) is 25.7 Å². The van der Waals surface area contributed by atoms with Gasteiger partial charge in [0, 0.05) is 24.5 Å². The van der Waals surface area contributed by atoms with Crippen molar-refractivity contribution in [1.82, 2.24) is 16.0 Å². The summed E-state index contributed by atoms with van der Waals surface area (Å²) in [5, 5.41) is 18.9. The second-order valence-corrected chi connectivity index (χ2v) is 14.8. The third-order valence-electron chi connectivity index (χ3n) is 9.67. The maximum Gasteiger partial charge on any atom is 0.315 e. The monoisotopic (exact) mass is 638 g/mol. The van der Waals surface area contributed by atoms with Gasteiger partial charge < -0.3 is 30.5 Å². The van der Waals surface area contributed by atoms with E-state index in [9.17, 15) is 19.5 Å². The number of carbonyl (C=O) groups excluding carboxylic acids is 2. The Morgan fingerprint density at radius 1 is 0.778 bits per heavy atom. The van der Waals surface area contributed by atoms with Gasteiger partial charge in [-0.2, -0.15) is 0 Å². The molecular weight excluding hydrogens is 570 g/mol. The Morgan fingerprint density at radius 2 is 1.31 bits per heavy atom. The fourth-order valence-electron chi connectivity index (χ4n) is 6.79. The molecule has 1 heterocycles. The average molecular weight is 638 g/mol. The van der Waals surface area contributed by atoms with E-state index in [4.69, 9.17) is 9.47 Å². The van der Waals surface area contributed by atoms with Crippen LogP contribution >= 0.6 is 0 Å². The molecule has 4 N–H and O–H groups in total. The number of amides is 3. The lowest BCUT2D eigenvalue weighted by molar-refractivity contribution is -0.304. The van der Waals surface area contributed by atoms with Crippen LogP contribution in [0.1, 0.15) is 157 Å². The summed E-state index contributed by atoms with van der Waals surface area (Å²) >= 11 is 0. The third-order valence-corrected chi connectivity index (χ3v) is 9.67. The van der Waals surface area contributed by atoms with Crippen LogP contribution in [-0.4, -0.2) is 60.6 Å². The van der Waals surface area contributed by atoms with Gasteiger partial charge in [0.25, 0.3) is 0 Å². The number of aliphatic carboxylic acids is 1. The van der Waals surface area contributed by atoms with Gasteiger partial charge in [-0.05, 0) is 39.0 Å². The number of urea groups is 1. The first-order valence-corrected chi connectivity index (χ1v) is 18.3. The zero-order valence-corrected chi connectivity index (χ0v) is 29.4. The lowest BCUT2D eigenvalue weighted by Gasteiger charge is -2.44. The van der Waals surface area contributed by atoms with Crippen LogP contribution < -0.4 is 16.0 Å². The summed E-state index contributed by atoms with van der Waals surface area (Å²) < 4.78 is 11.6. The van der Waals surface area contributed by atoms with Crippen molar-refractivity contribution in [2.45, 2.75) is 175 Å². The van der Waals surface area contributed by atoms with Crippen LogP contribution in [0.4, 0.5) is 4.79 Å². The van der Waals surface area contributed by atoms with E-state index in [2.05, 4.69) is 22.9 Å². The normalized spacial score (nSPS) is 22.9. The minimum absolute atomic E-state index is 0.00491. The predicted molar refractivity (Wildman–Crippen MR) is 180 cm³/mol. The lowest BCUT2D eigenvalue weighted by Crippen LogP contribution is -2.57. The Balaban J connectivity index is 1.57. The van der Waals surface area contributed by atoms with Gasteiger partial charge in [-0.1, -0.05) is 124 Å². The van der Waals surface area contributed by atoms with Crippen molar-refractivity contribution in [3.8, 4) is 0 Å². The summed E-state index contributed by atoms with van der Waals surface area (Å²) in [6, 6.07) is -0.468. The van der Waals surface area contributed by atoms with Gasteiger partial charge in [0.1, 0.15) is 6.10 Å². The molecule has 1 aliphatic carbocycles. The van der Waals surface area contributed by atoms with Crippen molar-refractivity contribution in [2.75, 3.05) is 19.7 Å². The van der Waals surface area contributed by atoms with E-state index in [1.807, 2.05) is 13.8 Å². The van der Waals surface area contributed by atoms with Crippen molar-refractivity contribution < 1.29 is 29.0 Å². The van der Waals surface area contributed by atoms with Gasteiger partial charge >= 0.3 is 12.0 Å². The number of hydrogen-bond donors (Lipinski definition) is 4. The summed E-state index contributed by atoms with van der Waals surface area (Å²) in [7, 11) is 0. The zero-order valence-electron chi connectivity index (χ0n) is 29.4. The van der Waals surface area contributed by atoms with Crippen molar-refractivity contribution in [3.63, 3.8) is 0 Å². The van der Waals surface area contributed by atoms with E-state index in [0.29, 0.717) is 19.6 Å². The molecule has 9 heteroatoms. The van der Waals surface area contributed by atoms with Gasteiger partial charge in [0.15, 0.2) is 5.79 Å². The van der Waals surface area contributed by atoms with Gasteiger partial charge in [0.2, 0.25) is 5.91 Å². The summed E-state index contributed by atoms with van der Waals surface area (Å²) in [6.45, 7) is 10.6. The first-order valence-electron chi connectivity index (χ1n) is 18.3. The summed E-state index contributed by atoms with van der Waals surface area (Å²) in [6.07, 6.45) is 22.6. The molecule has 0 bridgehead atoms. The minimum Gasteiger partial charge on any atom is -0.481 e. The highest BCUT2D eigenvalue weighted by atomic mass is 16.7. The Labute approximate surface area is 274 Å². The second kappa shape index (κ2) is 21.1. The van der Waals surface area contributed by atoms with E-state index < -0.39 is 29.2 Å². The standard InChI is InChI=1S/C36H67N3O6/c1-6-7-8-9-10-11-12-13-14-15-16-17-18-19-20-21-25-37-34(43)39-30-24-22-23-28(30)29(33(41)42)26-38-32(40)31-35(2,3)27-44-36(4,5)45-31/h28-31H,6-27H2,1-5H3,(H,38,40)(H,41,42)(H2,37,39,43). The third kappa shape index (κ3) is 15.5. The van der Waals surface area contributed by atoms with Crippen LogP contribution in [0.15, 0.2) is 0 Å². The van der Waals surface area contributed by atoms with Crippen LogP contribution in [0.2, 0.25) is 0 Å². The number of carboxylic acids is 1. The Bertz CT molecular complexity index is 864. The molecule has 1 aliphatic heterocycles. The Morgan fingerprint density at radius 3 is 1.84 bits per heavy atom. The molecule has 9 nitrogen and oxygen atoms in total. The molecule has 4 atom stereocenters. The highest BCUT2D eigenvalue weighted by Crippen LogP contribution is 2.36. The lowest BCUT2D eigenvalue weighted by atomic mass is 9.84. The van der Waals surface area contributed by atoms with Crippen molar-refractivity contribution in [2.24, 2.45) is 17.3 Å². The number of unbranched alkanes of at least 4 members (excludes halogenated alkanes) is 15. The highest BCUT2D eigenvalue weighted by Gasteiger charge is 2.46. The minimum atomic E-state index is -0.963. The molecule has 3 amide bonds. The van der Waals surface area contributed by atoms with Crippen LogP contribution in [-0.2, 0) is 19.1 Å². The Hall–Kier alpha value is -1.87. The predicted octanol–water partition coefficient (Wildman–Crippen LogP) is 7.71. The number of rotatable bonds is 23. The summed E-state index contributed by atoms with van der Waals surface area (Å²) in [4.78, 5) is 38.0. The van der Waals surface area contributed by atoms with Gasteiger partial charge in [-0.25, -0.2) is 4.79 Å². The molecule has 0 spiro atoms. The number of carboxylic acid groups (broad SMARTS) is 1. The highest BCUT2D eigenvalue weighted by molar-refractivity contribution is 5.82. The fourth-order valence-corrected chi connectivity index (χ4v) is 6.79. The van der Waals surface area contributed by atoms with Gasteiger partial charge in [-0.15, -0.1) is 0 Å². The smallest absolute Gasteiger partial charge is 0.315 e. The number of nitrogens with one attached hydrogen (secondary N) is 3. The van der Waals surface area contributed by atoms with Crippen LogP contribution in [0, 0.1) is 17.3 Å². The first kappa shape index (κ1) is 39.3. The zero-order chi connectivity index (χ0) is 33.1. The van der Waals surface area contributed by atoms with Gasteiger partial charge in [-0.3, -0.25) is 9.59 Å². The van der Waals surface area contributed by atoms with E-state index in [-0.39, 0.29) is 30.4 Å². The first-order chi connectivity index (χ1) is 21.5. The van der Waals surface area contributed by atoms with E-state index >= 15 is 0 Å². The molecule has 1 saturated carbocycles. The second-order valence-electron chi connectivity index (χ2n) is 14.8. The molecule has 0 aromatic heterocycles. The van der Waals surface area contributed by atoms with E-state index in [1.54, 1.807) is 13.8 Å². The summed E-state index contributed by atoms with van der Waals surface area (Å²) in [5.74, 6) is -3.22. The molecule has 0 radical (unpaired) electrons. The number of hydrogen-bond acceptors (Lipinski definition) is 5. The molecule has 2 fully saturated rings. The molecule has 45 heavy (non-hydrogen) atoms. The molecule has 262 valence electrons. The molecular formula is C36H67N3O6. The Kier molecular flexibility index (Phi) is 18.4. The van der Waals surface area contributed by atoms with E-state index in [1.165, 1.54) is 89.9 Å². The molecule has 2 aliphatic rings. The van der Waals surface area contributed by atoms with Gasteiger partial charge in [0.05, 0.1) is 12.5 Å². The average Bonchev–Trinajstić information content (AvgIpc) is 3.43.